The van der Waals surface area contributed by atoms with E-state index in [2.05, 4.69) is 6.07 Å². The maximum absolute atomic E-state index is 11.9. The van der Waals surface area contributed by atoms with E-state index in [1.165, 1.54) is 6.92 Å². The molecule has 20 heavy (non-hydrogen) atoms. The van der Waals surface area contributed by atoms with Gasteiger partial charge in [-0.1, -0.05) is 26.5 Å². The molecule has 1 radical (unpaired) electrons. The number of aryl methyl sites for hydroxylation is 1. The van der Waals surface area contributed by atoms with E-state index in [0.717, 1.165) is 11.3 Å². The van der Waals surface area contributed by atoms with Crippen molar-refractivity contribution in [3.8, 4) is 0 Å². The van der Waals surface area contributed by atoms with Gasteiger partial charge in [0.25, 0.3) is 0 Å². The number of carbonyl (C=O) groups is 2. The molecule has 1 heterocycles. The number of anilines is 1. The van der Waals surface area contributed by atoms with Crippen molar-refractivity contribution in [1.82, 2.24) is 4.90 Å². The summed E-state index contributed by atoms with van der Waals surface area (Å²) in [6.07, 6.45) is 0. The molecule has 1 aromatic rings. The Hall–Kier alpha value is -0.736. The van der Waals surface area contributed by atoms with Crippen molar-refractivity contribution in [2.45, 2.75) is 27.7 Å². The van der Waals surface area contributed by atoms with Crippen LogP contribution in [0.4, 0.5) is 5.69 Å². The normalized spacial score (nSPS) is 14.1. The quantitative estimate of drug-likeness (QED) is 0.727. The molecule has 1 saturated heterocycles. The van der Waals surface area contributed by atoms with Crippen molar-refractivity contribution in [1.29, 1.82) is 0 Å². The minimum atomic E-state index is -0.0477. The van der Waals surface area contributed by atoms with Crippen molar-refractivity contribution < 1.29 is 42.3 Å². The van der Waals surface area contributed by atoms with Gasteiger partial charge in [-0.25, -0.2) is 0 Å². The SMILES string of the molecule is CC.CC(=O)N1CCN(c2c[c-]c(C)cc2)C(=O)C1.[Y]. The first kappa shape index (κ1) is 19.3. The standard InChI is InChI=1S/C13H15N2O2.C2H6.Y/c1-10-3-5-12(6-4-10)15-8-7-14(11(2)16)9-13(15)17;1-2;/h3,5-6H,7-9H2,1-2H3;1-2H3;/q-1;;. The molecule has 2 rings (SSSR count). The predicted molar refractivity (Wildman–Crippen MR) is 76.0 cm³/mol. The zero-order valence-corrected chi connectivity index (χ0v) is 15.5. The summed E-state index contributed by atoms with van der Waals surface area (Å²) in [5.41, 5.74) is 1.90. The van der Waals surface area contributed by atoms with Crippen LogP contribution in [-0.4, -0.2) is 36.3 Å². The number of piperazine rings is 1. The Labute approximate surface area is 146 Å². The molecule has 0 bridgehead atoms. The van der Waals surface area contributed by atoms with Crippen LogP contribution in [0.25, 0.3) is 0 Å². The first-order chi connectivity index (χ1) is 9.08. The smallest absolute Gasteiger partial charge is 0.235 e. The van der Waals surface area contributed by atoms with Crippen LogP contribution in [0.3, 0.4) is 0 Å². The van der Waals surface area contributed by atoms with Crippen LogP contribution in [0.2, 0.25) is 0 Å². The number of nitrogens with zero attached hydrogens (tertiary/aromatic N) is 2. The summed E-state index contributed by atoms with van der Waals surface area (Å²) in [5, 5.41) is 0. The molecule has 0 atom stereocenters. The summed E-state index contributed by atoms with van der Waals surface area (Å²) in [6, 6.07) is 8.73. The third-order valence-electron chi connectivity index (χ3n) is 2.93. The van der Waals surface area contributed by atoms with Gasteiger partial charge in [-0.05, 0) is 0 Å². The average Bonchev–Trinajstić information content (AvgIpc) is 2.42. The summed E-state index contributed by atoms with van der Waals surface area (Å²) in [6.45, 7) is 8.76. The van der Waals surface area contributed by atoms with Crippen molar-refractivity contribution in [2.24, 2.45) is 0 Å². The number of hydrogen-bond donors (Lipinski definition) is 0. The van der Waals surface area contributed by atoms with Gasteiger partial charge in [0.05, 0.1) is 6.54 Å². The van der Waals surface area contributed by atoms with E-state index in [0.29, 0.717) is 13.1 Å². The van der Waals surface area contributed by atoms with Crippen LogP contribution in [0.1, 0.15) is 26.3 Å². The van der Waals surface area contributed by atoms with Crippen LogP contribution in [-0.2, 0) is 42.3 Å². The molecule has 1 aliphatic rings. The molecule has 5 heteroatoms. The van der Waals surface area contributed by atoms with Crippen LogP contribution < -0.4 is 4.90 Å². The molecule has 107 valence electrons. The minimum Gasteiger partial charge on any atom is -0.363 e. The van der Waals surface area contributed by atoms with E-state index >= 15 is 0 Å². The molecule has 0 saturated carbocycles. The number of benzene rings is 1. The molecule has 4 nitrogen and oxygen atoms in total. The fourth-order valence-electron chi connectivity index (χ4n) is 1.88. The van der Waals surface area contributed by atoms with Gasteiger partial charge in [-0.15, -0.1) is 6.07 Å². The van der Waals surface area contributed by atoms with Gasteiger partial charge < -0.3 is 9.80 Å². The Morgan fingerprint density at radius 2 is 1.90 bits per heavy atom. The molecule has 0 aromatic heterocycles. The predicted octanol–water partition coefficient (Wildman–Crippen LogP) is 2.01. The Morgan fingerprint density at radius 3 is 2.35 bits per heavy atom. The van der Waals surface area contributed by atoms with Crippen molar-refractivity contribution in [3.63, 3.8) is 0 Å². The van der Waals surface area contributed by atoms with E-state index < -0.39 is 0 Å². The van der Waals surface area contributed by atoms with Gasteiger partial charge in [-0.3, -0.25) is 9.59 Å². The Bertz CT molecular complexity index is 446. The Kier molecular flexibility index (Phi) is 8.91. The van der Waals surface area contributed by atoms with Crippen LogP contribution >= 0.6 is 0 Å². The van der Waals surface area contributed by atoms with Crippen molar-refractivity contribution in [2.75, 3.05) is 24.5 Å². The fourth-order valence-corrected chi connectivity index (χ4v) is 1.88. The second-order valence-electron chi connectivity index (χ2n) is 4.22. The van der Waals surface area contributed by atoms with Gasteiger partial charge in [0, 0.05) is 52.7 Å². The minimum absolute atomic E-state index is 0. The second kappa shape index (κ2) is 9.25. The Morgan fingerprint density at radius 1 is 1.25 bits per heavy atom. The second-order valence-corrected chi connectivity index (χ2v) is 4.22. The third-order valence-corrected chi connectivity index (χ3v) is 2.93. The van der Waals surface area contributed by atoms with Gasteiger partial charge in [0.15, 0.2) is 0 Å². The summed E-state index contributed by atoms with van der Waals surface area (Å²) in [7, 11) is 0. The molecular weight excluding hydrogens is 329 g/mol. The first-order valence-corrected chi connectivity index (χ1v) is 6.62. The number of amides is 2. The Balaban J connectivity index is 0.00000115. The van der Waals surface area contributed by atoms with E-state index in [1.54, 1.807) is 9.80 Å². The van der Waals surface area contributed by atoms with E-state index in [1.807, 2.05) is 39.0 Å². The summed E-state index contributed by atoms with van der Waals surface area (Å²) < 4.78 is 0. The number of rotatable bonds is 1. The van der Waals surface area contributed by atoms with Crippen LogP contribution in [0.15, 0.2) is 18.2 Å². The topological polar surface area (TPSA) is 40.6 Å². The van der Waals surface area contributed by atoms with Gasteiger partial charge in [0.2, 0.25) is 11.8 Å². The molecule has 1 fully saturated rings. The molecule has 2 amide bonds. The molecule has 1 aliphatic heterocycles. The first-order valence-electron chi connectivity index (χ1n) is 6.62. The molecule has 0 N–H and O–H groups in total. The zero-order valence-electron chi connectivity index (χ0n) is 12.6. The summed E-state index contributed by atoms with van der Waals surface area (Å²) in [4.78, 5) is 26.4. The van der Waals surface area contributed by atoms with Gasteiger partial charge >= 0.3 is 0 Å². The van der Waals surface area contributed by atoms with E-state index in [-0.39, 0.29) is 51.1 Å². The molecular formula is C15H21N2O2Y-. The van der Waals surface area contributed by atoms with Crippen LogP contribution in [0, 0.1) is 13.0 Å². The molecule has 0 unspecified atom stereocenters. The van der Waals surface area contributed by atoms with Gasteiger partial charge in [-0.2, -0.15) is 23.8 Å². The number of carbonyl (C=O) groups excluding carboxylic acids is 2. The fraction of sp³-hybridized carbons (Fsp3) is 0.467. The van der Waals surface area contributed by atoms with Crippen molar-refractivity contribution in [3.05, 3.63) is 29.8 Å². The zero-order chi connectivity index (χ0) is 14.4. The van der Waals surface area contributed by atoms with Gasteiger partial charge in [0.1, 0.15) is 0 Å². The van der Waals surface area contributed by atoms with Crippen molar-refractivity contribution >= 4 is 17.5 Å². The largest absolute Gasteiger partial charge is 0.363 e. The maximum atomic E-state index is 11.9. The molecule has 0 spiro atoms. The third kappa shape index (κ3) is 4.99. The maximum Gasteiger partial charge on any atom is 0.235 e. The van der Waals surface area contributed by atoms with E-state index in [4.69, 9.17) is 0 Å². The number of hydrogen-bond acceptors (Lipinski definition) is 2. The molecule has 0 aliphatic carbocycles. The summed E-state index contributed by atoms with van der Waals surface area (Å²) >= 11 is 0. The monoisotopic (exact) mass is 350 g/mol. The van der Waals surface area contributed by atoms with Crippen LogP contribution in [0.5, 0.6) is 0 Å². The van der Waals surface area contributed by atoms with E-state index in [9.17, 15) is 9.59 Å². The summed E-state index contributed by atoms with van der Waals surface area (Å²) in [5.74, 6) is -0.0860. The molecule has 1 aromatic carbocycles. The average molecular weight is 350 g/mol.